The quantitative estimate of drug-likeness (QED) is 0.706. The van der Waals surface area contributed by atoms with Gasteiger partial charge >= 0.3 is 0 Å². The van der Waals surface area contributed by atoms with Crippen molar-refractivity contribution >= 4 is 23.6 Å². The van der Waals surface area contributed by atoms with Gasteiger partial charge < -0.3 is 10.2 Å². The average Bonchev–Trinajstić information content (AvgIpc) is 3.06. The topological polar surface area (TPSA) is 67.2 Å². The van der Waals surface area contributed by atoms with Crippen LogP contribution in [-0.4, -0.2) is 26.5 Å². The molecule has 0 saturated heterocycles. The number of fused-ring (bicyclic) bond motifs is 1. The van der Waals surface area contributed by atoms with Gasteiger partial charge in [-0.2, -0.15) is 5.10 Å². The van der Waals surface area contributed by atoms with Crippen LogP contribution in [0.15, 0.2) is 60.8 Å². The van der Waals surface area contributed by atoms with Gasteiger partial charge in [0.15, 0.2) is 0 Å². The highest BCUT2D eigenvalue weighted by atomic mass is 16.2. The molecule has 0 spiro atoms. The average molecular weight is 400 g/mol. The summed E-state index contributed by atoms with van der Waals surface area (Å²) in [6, 6.07) is 17.1. The molecule has 0 fully saturated rings. The molecular weight excluding hydrogens is 376 g/mol. The van der Waals surface area contributed by atoms with Crippen molar-refractivity contribution in [3.8, 4) is 5.69 Å². The summed E-state index contributed by atoms with van der Waals surface area (Å²) in [5, 5.41) is 7.55. The Balaban J connectivity index is 1.60. The standard InChI is InChI=1S/C24H24N4O2/c1-16-14-17(2)28(26-16)22-11-7-6-10-21(22)25-24(30)15-23-20-9-5-4-8-19(20)12-13-27(23)18(3)29/h4-14,23H,15H2,1-3H3,(H,25,30)/t23-/m0/s1. The third kappa shape index (κ3) is 3.76. The van der Waals surface area contributed by atoms with Crippen molar-refractivity contribution in [3.63, 3.8) is 0 Å². The van der Waals surface area contributed by atoms with Crippen molar-refractivity contribution < 1.29 is 9.59 Å². The molecule has 1 atom stereocenters. The Morgan fingerprint density at radius 1 is 1.07 bits per heavy atom. The summed E-state index contributed by atoms with van der Waals surface area (Å²) in [5.41, 5.74) is 5.39. The van der Waals surface area contributed by atoms with Crippen molar-refractivity contribution in [3.05, 3.63) is 83.3 Å². The first-order chi connectivity index (χ1) is 14.4. The first kappa shape index (κ1) is 19.6. The predicted octanol–water partition coefficient (Wildman–Crippen LogP) is 4.39. The number of benzene rings is 2. The summed E-state index contributed by atoms with van der Waals surface area (Å²) in [5.74, 6) is -0.257. The van der Waals surface area contributed by atoms with Crippen LogP contribution in [0.4, 0.5) is 5.69 Å². The fourth-order valence-electron chi connectivity index (χ4n) is 3.93. The number of aryl methyl sites for hydroxylation is 2. The Bertz CT molecular complexity index is 1150. The van der Waals surface area contributed by atoms with Crippen molar-refractivity contribution in [1.82, 2.24) is 14.7 Å². The van der Waals surface area contributed by atoms with Gasteiger partial charge in [-0.3, -0.25) is 9.59 Å². The molecule has 2 amide bonds. The number of nitrogens with zero attached hydrogens (tertiary/aromatic N) is 3. The highest BCUT2D eigenvalue weighted by molar-refractivity contribution is 5.94. The van der Waals surface area contributed by atoms with Crippen LogP contribution in [0.5, 0.6) is 0 Å². The third-order valence-corrected chi connectivity index (χ3v) is 5.26. The zero-order chi connectivity index (χ0) is 21.3. The van der Waals surface area contributed by atoms with E-state index in [1.807, 2.05) is 79.2 Å². The van der Waals surface area contributed by atoms with Crippen LogP contribution in [-0.2, 0) is 9.59 Å². The van der Waals surface area contributed by atoms with E-state index >= 15 is 0 Å². The minimum Gasteiger partial charge on any atom is -0.324 e. The van der Waals surface area contributed by atoms with Crippen LogP contribution in [0.2, 0.25) is 0 Å². The molecule has 1 aliphatic heterocycles. The van der Waals surface area contributed by atoms with Crippen LogP contribution in [0.25, 0.3) is 11.8 Å². The monoisotopic (exact) mass is 400 g/mol. The number of carbonyl (C=O) groups excluding carboxylic acids is 2. The molecule has 1 N–H and O–H groups in total. The SMILES string of the molecule is CC(=O)N1C=Cc2ccccc2[C@@H]1CC(=O)Nc1ccccc1-n1nc(C)cc1C. The first-order valence-corrected chi connectivity index (χ1v) is 9.92. The highest BCUT2D eigenvalue weighted by Gasteiger charge is 2.28. The summed E-state index contributed by atoms with van der Waals surface area (Å²) >= 11 is 0. The summed E-state index contributed by atoms with van der Waals surface area (Å²) < 4.78 is 1.82. The number of amides is 2. The summed E-state index contributed by atoms with van der Waals surface area (Å²) in [4.78, 5) is 26.8. The first-order valence-electron chi connectivity index (χ1n) is 9.92. The number of aromatic nitrogens is 2. The summed E-state index contributed by atoms with van der Waals surface area (Å²) in [6.07, 6.45) is 3.82. The normalized spacial score (nSPS) is 15.0. The fourth-order valence-corrected chi connectivity index (χ4v) is 3.93. The minimum atomic E-state index is -0.343. The lowest BCUT2D eigenvalue weighted by atomic mass is 9.93. The van der Waals surface area contributed by atoms with Crippen LogP contribution in [0, 0.1) is 13.8 Å². The summed E-state index contributed by atoms with van der Waals surface area (Å²) in [6.45, 7) is 5.44. The number of carbonyl (C=O) groups is 2. The van der Waals surface area contributed by atoms with Gasteiger partial charge in [-0.05, 0) is 49.2 Å². The number of rotatable bonds is 4. The van der Waals surface area contributed by atoms with Crippen LogP contribution >= 0.6 is 0 Å². The van der Waals surface area contributed by atoms with E-state index in [4.69, 9.17) is 0 Å². The maximum atomic E-state index is 13.0. The largest absolute Gasteiger partial charge is 0.324 e. The Kier molecular flexibility index (Phi) is 5.23. The molecular formula is C24H24N4O2. The molecule has 30 heavy (non-hydrogen) atoms. The molecule has 0 bridgehead atoms. The minimum absolute atomic E-state index is 0.0957. The number of nitrogens with one attached hydrogen (secondary N) is 1. The molecule has 0 saturated carbocycles. The van der Waals surface area contributed by atoms with Crippen LogP contribution in [0.3, 0.4) is 0 Å². The van der Waals surface area contributed by atoms with Crippen molar-refractivity contribution in [2.24, 2.45) is 0 Å². The van der Waals surface area contributed by atoms with Gasteiger partial charge in [0, 0.05) is 18.8 Å². The van der Waals surface area contributed by atoms with E-state index in [0.717, 1.165) is 28.2 Å². The van der Waals surface area contributed by atoms with Gasteiger partial charge in [0.2, 0.25) is 11.8 Å². The molecule has 2 aromatic carbocycles. The smallest absolute Gasteiger partial charge is 0.226 e. The second kappa shape index (κ2) is 7.99. The highest BCUT2D eigenvalue weighted by Crippen LogP contribution is 2.33. The van der Waals surface area contributed by atoms with E-state index in [1.165, 1.54) is 6.92 Å². The molecule has 2 heterocycles. The molecule has 6 heteroatoms. The second-order valence-electron chi connectivity index (χ2n) is 7.50. The molecule has 1 aliphatic rings. The Labute approximate surface area is 175 Å². The van der Waals surface area contributed by atoms with E-state index in [1.54, 1.807) is 11.1 Å². The zero-order valence-electron chi connectivity index (χ0n) is 17.3. The predicted molar refractivity (Wildman–Crippen MR) is 117 cm³/mol. The van der Waals surface area contributed by atoms with Crippen molar-refractivity contribution in [1.29, 1.82) is 0 Å². The Hall–Kier alpha value is -3.67. The molecule has 4 rings (SSSR count). The number of hydrogen-bond acceptors (Lipinski definition) is 3. The summed E-state index contributed by atoms with van der Waals surface area (Å²) in [7, 11) is 0. The maximum absolute atomic E-state index is 13.0. The lowest BCUT2D eigenvalue weighted by Crippen LogP contribution is -2.33. The van der Waals surface area contributed by atoms with Crippen LogP contribution < -0.4 is 5.32 Å². The molecule has 0 radical (unpaired) electrons. The van der Waals surface area contributed by atoms with Gasteiger partial charge in [0.25, 0.3) is 0 Å². The molecule has 3 aromatic rings. The number of hydrogen-bond donors (Lipinski definition) is 1. The molecule has 152 valence electrons. The van der Waals surface area contributed by atoms with E-state index in [-0.39, 0.29) is 24.3 Å². The van der Waals surface area contributed by atoms with Crippen molar-refractivity contribution in [2.45, 2.75) is 33.2 Å². The Morgan fingerprint density at radius 3 is 2.53 bits per heavy atom. The van der Waals surface area contributed by atoms with Gasteiger partial charge in [-0.15, -0.1) is 0 Å². The van der Waals surface area contributed by atoms with E-state index in [0.29, 0.717) is 5.69 Å². The second-order valence-corrected chi connectivity index (χ2v) is 7.50. The number of para-hydroxylation sites is 2. The van der Waals surface area contributed by atoms with Gasteiger partial charge in [-0.1, -0.05) is 36.4 Å². The van der Waals surface area contributed by atoms with Gasteiger partial charge in [-0.25, -0.2) is 4.68 Å². The number of anilines is 1. The lowest BCUT2D eigenvalue weighted by molar-refractivity contribution is -0.129. The van der Waals surface area contributed by atoms with E-state index in [9.17, 15) is 9.59 Å². The van der Waals surface area contributed by atoms with Gasteiger partial charge in [0.1, 0.15) is 0 Å². The van der Waals surface area contributed by atoms with E-state index in [2.05, 4.69) is 10.4 Å². The van der Waals surface area contributed by atoms with Crippen molar-refractivity contribution in [2.75, 3.05) is 5.32 Å². The molecule has 1 aromatic heterocycles. The molecule has 0 unspecified atom stereocenters. The lowest BCUT2D eigenvalue weighted by Gasteiger charge is -2.32. The van der Waals surface area contributed by atoms with Gasteiger partial charge in [0.05, 0.1) is 29.5 Å². The zero-order valence-corrected chi connectivity index (χ0v) is 17.3. The maximum Gasteiger partial charge on any atom is 0.226 e. The fraction of sp³-hybridized carbons (Fsp3) is 0.208. The molecule has 6 nitrogen and oxygen atoms in total. The molecule has 0 aliphatic carbocycles. The third-order valence-electron chi connectivity index (χ3n) is 5.26. The van der Waals surface area contributed by atoms with E-state index < -0.39 is 0 Å². The Morgan fingerprint density at radius 2 is 1.80 bits per heavy atom. The van der Waals surface area contributed by atoms with Crippen LogP contribution in [0.1, 0.15) is 41.9 Å².